The van der Waals surface area contributed by atoms with Crippen LogP contribution in [0.2, 0.25) is 18.1 Å². The minimum Gasteiger partial charge on any atom is -0.414 e. The second-order valence-electron chi connectivity index (χ2n) is 6.52. The minimum absolute atomic E-state index is 0.315. The molecular formula is C14H26OSi. The fourth-order valence-corrected chi connectivity index (χ4v) is 3.36. The predicted molar refractivity (Wildman–Crippen MR) is 72.9 cm³/mol. The molecule has 0 spiro atoms. The lowest BCUT2D eigenvalue weighted by Crippen LogP contribution is -2.44. The van der Waals surface area contributed by atoms with E-state index in [1.54, 1.807) is 0 Å². The second kappa shape index (κ2) is 4.94. The van der Waals surface area contributed by atoms with Crippen molar-refractivity contribution < 1.29 is 4.43 Å². The molecule has 0 aromatic carbocycles. The monoisotopic (exact) mass is 238 g/mol. The van der Waals surface area contributed by atoms with Gasteiger partial charge in [-0.25, -0.2) is 0 Å². The van der Waals surface area contributed by atoms with Crippen molar-refractivity contribution in [1.29, 1.82) is 0 Å². The van der Waals surface area contributed by atoms with Gasteiger partial charge in [0.2, 0.25) is 0 Å². The summed E-state index contributed by atoms with van der Waals surface area (Å²) in [6.07, 6.45) is 10.5. The van der Waals surface area contributed by atoms with Crippen molar-refractivity contribution in [2.24, 2.45) is 5.92 Å². The smallest absolute Gasteiger partial charge is 0.192 e. The number of hydrogen-bond donors (Lipinski definition) is 0. The predicted octanol–water partition coefficient (Wildman–Crippen LogP) is 4.20. The molecule has 0 atom stereocenters. The first kappa shape index (κ1) is 13.8. The van der Waals surface area contributed by atoms with E-state index in [0.29, 0.717) is 17.1 Å². The summed E-state index contributed by atoms with van der Waals surface area (Å²) in [6, 6.07) is 0. The van der Waals surface area contributed by atoms with E-state index in [1.807, 2.05) is 0 Å². The molecule has 0 bridgehead atoms. The average molecular weight is 238 g/mol. The first-order valence-corrected chi connectivity index (χ1v) is 9.31. The topological polar surface area (TPSA) is 9.23 Å². The van der Waals surface area contributed by atoms with Gasteiger partial charge in [0.05, 0.1) is 0 Å². The van der Waals surface area contributed by atoms with Crippen LogP contribution < -0.4 is 0 Å². The van der Waals surface area contributed by atoms with Crippen molar-refractivity contribution in [3.05, 3.63) is 0 Å². The highest BCUT2D eigenvalue weighted by Crippen LogP contribution is 2.39. The van der Waals surface area contributed by atoms with E-state index in [2.05, 4.69) is 39.8 Å². The third kappa shape index (κ3) is 3.36. The molecule has 1 aliphatic carbocycles. The van der Waals surface area contributed by atoms with Crippen LogP contribution in [0, 0.1) is 18.3 Å². The molecule has 0 aromatic rings. The van der Waals surface area contributed by atoms with Crippen LogP contribution in [0.1, 0.15) is 46.5 Å². The lowest BCUT2D eigenvalue weighted by Gasteiger charge is -2.40. The molecule has 0 aliphatic heterocycles. The summed E-state index contributed by atoms with van der Waals surface area (Å²) in [6.45, 7) is 11.6. The molecule has 0 saturated heterocycles. The van der Waals surface area contributed by atoms with Gasteiger partial charge in [-0.2, -0.15) is 0 Å². The van der Waals surface area contributed by atoms with Gasteiger partial charge in [0, 0.05) is 12.0 Å². The van der Waals surface area contributed by atoms with Crippen molar-refractivity contribution in [3.8, 4) is 12.3 Å². The van der Waals surface area contributed by atoms with E-state index in [-0.39, 0.29) is 0 Å². The molecular weight excluding hydrogens is 212 g/mol. The first-order chi connectivity index (χ1) is 7.26. The highest BCUT2D eigenvalue weighted by molar-refractivity contribution is 6.74. The van der Waals surface area contributed by atoms with Crippen LogP contribution >= 0.6 is 0 Å². The van der Waals surface area contributed by atoms with Crippen LogP contribution in [0.5, 0.6) is 0 Å². The molecule has 1 saturated carbocycles. The van der Waals surface area contributed by atoms with Gasteiger partial charge in [-0.15, -0.1) is 12.3 Å². The molecule has 0 amide bonds. The lowest BCUT2D eigenvalue weighted by atomic mass is 9.88. The van der Waals surface area contributed by atoms with E-state index in [0.717, 1.165) is 25.7 Å². The van der Waals surface area contributed by atoms with Crippen molar-refractivity contribution in [2.45, 2.75) is 70.7 Å². The summed E-state index contributed by atoms with van der Waals surface area (Å²) in [5.41, 5.74) is 0. The molecule has 92 valence electrons. The summed E-state index contributed by atoms with van der Waals surface area (Å²) in [5, 5.41) is 0.315. The Labute approximate surface area is 102 Å². The van der Waals surface area contributed by atoms with Gasteiger partial charge in [0.1, 0.15) is 0 Å². The van der Waals surface area contributed by atoms with Crippen molar-refractivity contribution >= 4 is 8.32 Å². The number of terminal acetylenes is 1. The Bertz CT molecular complexity index is 261. The second-order valence-corrected chi connectivity index (χ2v) is 11.3. The van der Waals surface area contributed by atoms with Gasteiger partial charge >= 0.3 is 0 Å². The van der Waals surface area contributed by atoms with Gasteiger partial charge in [-0.1, -0.05) is 20.8 Å². The average Bonchev–Trinajstić information content (AvgIpc) is 2.16. The van der Waals surface area contributed by atoms with Crippen molar-refractivity contribution in [2.75, 3.05) is 0 Å². The molecule has 0 aromatic heterocycles. The van der Waals surface area contributed by atoms with E-state index in [9.17, 15) is 0 Å². The summed E-state index contributed by atoms with van der Waals surface area (Å²) in [7, 11) is -1.58. The van der Waals surface area contributed by atoms with Gasteiger partial charge in [-0.05, 0) is 43.8 Å². The van der Waals surface area contributed by atoms with Crippen LogP contribution in [0.25, 0.3) is 0 Å². The number of rotatable bonds is 2. The molecule has 1 nitrogen and oxygen atoms in total. The standard InChI is InChI=1S/C14H26OSi/c1-7-12-8-10-13(11-9-12)15-16(5,6)14(2,3)4/h1,12-13H,8-11H2,2-6H3/t12-,13+. The summed E-state index contributed by atoms with van der Waals surface area (Å²) in [5.74, 6) is 3.37. The fourth-order valence-electron chi connectivity index (χ4n) is 1.94. The maximum absolute atomic E-state index is 6.41. The molecule has 0 heterocycles. The van der Waals surface area contributed by atoms with Gasteiger partial charge in [-0.3, -0.25) is 0 Å². The van der Waals surface area contributed by atoms with Gasteiger partial charge in [0.15, 0.2) is 8.32 Å². The highest BCUT2D eigenvalue weighted by Gasteiger charge is 2.39. The zero-order valence-corrected chi connectivity index (χ0v) is 12.5. The molecule has 1 fully saturated rings. The Kier molecular flexibility index (Phi) is 4.26. The largest absolute Gasteiger partial charge is 0.414 e. The maximum atomic E-state index is 6.41. The Morgan fingerprint density at radius 3 is 2.00 bits per heavy atom. The summed E-state index contributed by atoms with van der Waals surface area (Å²) in [4.78, 5) is 0. The Hall–Kier alpha value is -0.263. The van der Waals surface area contributed by atoms with Crippen LogP contribution in [0.15, 0.2) is 0 Å². The molecule has 0 N–H and O–H groups in total. The molecule has 0 unspecified atom stereocenters. The lowest BCUT2D eigenvalue weighted by molar-refractivity contribution is 0.127. The Balaban J connectivity index is 2.48. The molecule has 1 rings (SSSR count). The van der Waals surface area contributed by atoms with Gasteiger partial charge < -0.3 is 4.43 Å². The minimum atomic E-state index is -1.58. The van der Waals surface area contributed by atoms with E-state index < -0.39 is 8.32 Å². The van der Waals surface area contributed by atoms with E-state index in [1.165, 1.54) is 0 Å². The fraction of sp³-hybridized carbons (Fsp3) is 0.857. The first-order valence-electron chi connectivity index (χ1n) is 6.40. The van der Waals surface area contributed by atoms with Crippen LogP contribution in [0.3, 0.4) is 0 Å². The zero-order valence-electron chi connectivity index (χ0n) is 11.5. The Morgan fingerprint density at radius 2 is 1.62 bits per heavy atom. The molecule has 0 radical (unpaired) electrons. The third-order valence-electron chi connectivity index (χ3n) is 4.18. The normalized spacial score (nSPS) is 27.5. The molecule has 16 heavy (non-hydrogen) atoms. The quantitative estimate of drug-likeness (QED) is 0.517. The van der Waals surface area contributed by atoms with Gasteiger partial charge in [0.25, 0.3) is 0 Å². The summed E-state index contributed by atoms with van der Waals surface area (Å²) >= 11 is 0. The highest BCUT2D eigenvalue weighted by atomic mass is 28.4. The van der Waals surface area contributed by atoms with E-state index in [4.69, 9.17) is 10.8 Å². The zero-order chi connectivity index (χ0) is 12.4. The van der Waals surface area contributed by atoms with E-state index >= 15 is 0 Å². The SMILES string of the molecule is C#C[C@H]1CC[C@@H](O[Si](C)(C)C(C)(C)C)CC1. The Morgan fingerprint density at radius 1 is 1.12 bits per heavy atom. The van der Waals surface area contributed by atoms with Crippen molar-refractivity contribution in [3.63, 3.8) is 0 Å². The summed E-state index contributed by atoms with van der Waals surface area (Å²) < 4.78 is 6.41. The van der Waals surface area contributed by atoms with Crippen LogP contribution in [-0.2, 0) is 4.43 Å². The van der Waals surface area contributed by atoms with Crippen LogP contribution in [-0.4, -0.2) is 14.4 Å². The van der Waals surface area contributed by atoms with Crippen molar-refractivity contribution in [1.82, 2.24) is 0 Å². The number of hydrogen-bond acceptors (Lipinski definition) is 1. The molecule has 1 aliphatic rings. The maximum Gasteiger partial charge on any atom is 0.192 e. The third-order valence-corrected chi connectivity index (χ3v) is 8.71. The molecule has 2 heteroatoms. The van der Waals surface area contributed by atoms with Crippen LogP contribution in [0.4, 0.5) is 0 Å².